The van der Waals surface area contributed by atoms with Gasteiger partial charge in [0.1, 0.15) is 0 Å². The topological polar surface area (TPSA) is 41.5 Å². The van der Waals surface area contributed by atoms with Crippen molar-refractivity contribution in [2.24, 2.45) is 5.10 Å². The Morgan fingerprint density at radius 1 is 1.07 bits per heavy atom. The van der Waals surface area contributed by atoms with Gasteiger partial charge in [-0.15, -0.1) is 11.8 Å². The maximum Gasteiger partial charge on any atom is 0.250 e. The fraction of sp³-hybridized carbons (Fsp3) is 0.182. The summed E-state index contributed by atoms with van der Waals surface area (Å²) in [7, 11) is 0. The average molecular weight is 395 g/mol. The lowest BCUT2D eigenvalue weighted by Gasteiger charge is -2.05. The Balaban J connectivity index is 1.35. The molecule has 5 heteroatoms. The number of nitrogens with zero attached hydrogens (tertiary/aromatic N) is 1. The third-order valence-electron chi connectivity index (χ3n) is 4.75. The number of halogens is 1. The average Bonchev–Trinajstić information content (AvgIpc) is 3.10. The smallest absolute Gasteiger partial charge is 0.250 e. The quantitative estimate of drug-likeness (QED) is 0.473. The first kappa shape index (κ1) is 18.1. The third-order valence-corrected chi connectivity index (χ3v) is 6.10. The predicted octanol–water partition coefficient (Wildman–Crippen LogP) is 4.98. The molecule has 0 radical (unpaired) electrons. The zero-order chi connectivity index (χ0) is 18.6. The van der Waals surface area contributed by atoms with Crippen LogP contribution >= 0.6 is 23.4 Å². The van der Waals surface area contributed by atoms with Gasteiger partial charge in [-0.1, -0.05) is 60.1 Å². The van der Waals surface area contributed by atoms with E-state index >= 15 is 0 Å². The molecule has 3 aromatic carbocycles. The van der Waals surface area contributed by atoms with E-state index in [9.17, 15) is 4.79 Å². The van der Waals surface area contributed by atoms with E-state index in [2.05, 4.69) is 40.9 Å². The second-order valence-corrected chi connectivity index (χ2v) is 7.92. The van der Waals surface area contributed by atoms with Crippen LogP contribution < -0.4 is 5.43 Å². The van der Waals surface area contributed by atoms with E-state index in [-0.39, 0.29) is 5.91 Å². The Hall–Kier alpha value is -2.30. The molecule has 1 aliphatic rings. The number of nitrogens with one attached hydrogen (secondary N) is 1. The number of aryl methyl sites for hydroxylation is 2. The SMILES string of the molecule is O=C(CSCc1ccccc1Cl)N/N=C/c1ccc2c3c(cccc13)CC2. The van der Waals surface area contributed by atoms with Gasteiger partial charge < -0.3 is 0 Å². The molecule has 0 fully saturated rings. The molecule has 1 aliphatic carbocycles. The van der Waals surface area contributed by atoms with E-state index in [1.807, 2.05) is 24.3 Å². The van der Waals surface area contributed by atoms with Crippen LogP contribution in [0.25, 0.3) is 10.8 Å². The van der Waals surface area contributed by atoms with Crippen LogP contribution in [0.3, 0.4) is 0 Å². The molecule has 0 spiro atoms. The molecule has 3 nitrogen and oxygen atoms in total. The number of carbonyl (C=O) groups is 1. The van der Waals surface area contributed by atoms with Crippen molar-refractivity contribution in [3.63, 3.8) is 0 Å². The van der Waals surface area contributed by atoms with E-state index in [0.29, 0.717) is 11.5 Å². The monoisotopic (exact) mass is 394 g/mol. The summed E-state index contributed by atoms with van der Waals surface area (Å²) in [5, 5.41) is 7.44. The molecule has 1 N–H and O–H groups in total. The second kappa shape index (κ2) is 8.15. The zero-order valence-electron chi connectivity index (χ0n) is 14.7. The second-order valence-electron chi connectivity index (χ2n) is 6.53. The highest BCUT2D eigenvalue weighted by Crippen LogP contribution is 2.32. The van der Waals surface area contributed by atoms with E-state index < -0.39 is 0 Å². The summed E-state index contributed by atoms with van der Waals surface area (Å²) in [4.78, 5) is 12.0. The lowest BCUT2D eigenvalue weighted by molar-refractivity contribution is -0.118. The third kappa shape index (κ3) is 4.02. The van der Waals surface area contributed by atoms with Gasteiger partial charge in [-0.2, -0.15) is 5.10 Å². The van der Waals surface area contributed by atoms with Crippen molar-refractivity contribution in [2.75, 3.05) is 5.75 Å². The van der Waals surface area contributed by atoms with Crippen molar-refractivity contribution >= 4 is 46.3 Å². The largest absolute Gasteiger partial charge is 0.272 e. The maximum absolute atomic E-state index is 12.0. The van der Waals surface area contributed by atoms with Crippen molar-refractivity contribution in [1.82, 2.24) is 5.43 Å². The predicted molar refractivity (Wildman–Crippen MR) is 115 cm³/mol. The van der Waals surface area contributed by atoms with Crippen molar-refractivity contribution in [3.8, 4) is 0 Å². The first-order chi connectivity index (χ1) is 13.2. The van der Waals surface area contributed by atoms with Gasteiger partial charge in [0.15, 0.2) is 0 Å². The molecular weight excluding hydrogens is 376 g/mol. The van der Waals surface area contributed by atoms with Crippen LogP contribution in [-0.2, 0) is 23.4 Å². The number of benzene rings is 3. The van der Waals surface area contributed by atoms with Crippen LogP contribution in [0.2, 0.25) is 5.02 Å². The Kier molecular flexibility index (Phi) is 5.46. The number of rotatable bonds is 6. The van der Waals surface area contributed by atoms with Crippen LogP contribution in [0.5, 0.6) is 0 Å². The van der Waals surface area contributed by atoms with Crippen molar-refractivity contribution < 1.29 is 4.79 Å². The standard InChI is InChI=1S/C22H19ClN2OS/c23-20-7-2-1-4-18(20)13-27-14-21(26)25-24-12-17-11-10-16-9-8-15-5-3-6-19(17)22(15)16/h1-7,10-12H,8-9,13-14H2,(H,25,26)/b24-12+. The van der Waals surface area contributed by atoms with Crippen molar-refractivity contribution in [3.05, 3.63) is 81.9 Å². The van der Waals surface area contributed by atoms with E-state index in [0.717, 1.165) is 29.0 Å². The molecule has 136 valence electrons. The van der Waals surface area contributed by atoms with Gasteiger partial charge in [0.2, 0.25) is 5.91 Å². The summed E-state index contributed by atoms with van der Waals surface area (Å²) < 4.78 is 0. The molecule has 4 rings (SSSR count). The van der Waals surface area contributed by atoms with Gasteiger partial charge in [-0.05, 0) is 46.4 Å². The molecule has 0 saturated heterocycles. The van der Waals surface area contributed by atoms with Crippen LogP contribution in [0.15, 0.2) is 59.7 Å². The van der Waals surface area contributed by atoms with Gasteiger partial charge in [0, 0.05) is 16.3 Å². The van der Waals surface area contributed by atoms with Crippen LogP contribution in [-0.4, -0.2) is 17.9 Å². The minimum Gasteiger partial charge on any atom is -0.272 e. The van der Waals surface area contributed by atoms with Gasteiger partial charge in [-0.3, -0.25) is 4.79 Å². The number of hydrogen-bond donors (Lipinski definition) is 1. The number of carbonyl (C=O) groups excluding carboxylic acids is 1. The van der Waals surface area contributed by atoms with E-state index in [1.54, 1.807) is 6.21 Å². The fourth-order valence-electron chi connectivity index (χ4n) is 3.46. The number of hydrogen-bond acceptors (Lipinski definition) is 3. The number of amides is 1. The minimum atomic E-state index is -0.116. The van der Waals surface area contributed by atoms with Crippen LogP contribution in [0.1, 0.15) is 22.3 Å². The van der Waals surface area contributed by atoms with Gasteiger partial charge >= 0.3 is 0 Å². The van der Waals surface area contributed by atoms with Gasteiger partial charge in [0.25, 0.3) is 0 Å². The highest BCUT2D eigenvalue weighted by molar-refractivity contribution is 7.99. The lowest BCUT2D eigenvalue weighted by atomic mass is 10.0. The van der Waals surface area contributed by atoms with Crippen LogP contribution in [0.4, 0.5) is 0 Å². The Morgan fingerprint density at radius 2 is 1.89 bits per heavy atom. The molecule has 0 atom stereocenters. The first-order valence-electron chi connectivity index (χ1n) is 8.89. The number of hydrazone groups is 1. The summed E-state index contributed by atoms with van der Waals surface area (Å²) in [6, 6.07) is 18.3. The highest BCUT2D eigenvalue weighted by Gasteiger charge is 2.15. The summed E-state index contributed by atoms with van der Waals surface area (Å²) in [6.07, 6.45) is 3.94. The molecule has 0 heterocycles. The molecule has 0 unspecified atom stereocenters. The van der Waals surface area contributed by atoms with Crippen LogP contribution in [0, 0.1) is 0 Å². The van der Waals surface area contributed by atoms with Gasteiger partial charge in [0.05, 0.1) is 12.0 Å². The molecule has 27 heavy (non-hydrogen) atoms. The van der Waals surface area contributed by atoms with Gasteiger partial charge in [-0.25, -0.2) is 5.43 Å². The Bertz CT molecular complexity index is 1020. The molecule has 0 bridgehead atoms. The molecular formula is C22H19ClN2OS. The lowest BCUT2D eigenvalue weighted by Crippen LogP contribution is -2.19. The summed E-state index contributed by atoms with van der Waals surface area (Å²) >= 11 is 7.65. The molecule has 0 aromatic heterocycles. The van der Waals surface area contributed by atoms with E-state index in [1.165, 1.54) is 33.7 Å². The van der Waals surface area contributed by atoms with Crippen molar-refractivity contribution in [2.45, 2.75) is 18.6 Å². The fourth-order valence-corrected chi connectivity index (χ4v) is 4.56. The zero-order valence-corrected chi connectivity index (χ0v) is 16.3. The Labute approximate surface area is 167 Å². The molecule has 0 saturated carbocycles. The summed E-state index contributed by atoms with van der Waals surface area (Å²) in [5.41, 5.74) is 7.48. The maximum atomic E-state index is 12.0. The normalized spacial score (nSPS) is 12.8. The molecule has 3 aromatic rings. The first-order valence-corrected chi connectivity index (χ1v) is 10.4. The molecule has 0 aliphatic heterocycles. The molecule has 1 amide bonds. The summed E-state index contributed by atoms with van der Waals surface area (Å²) in [5.74, 6) is 0.923. The number of thioether (sulfide) groups is 1. The van der Waals surface area contributed by atoms with Crippen molar-refractivity contribution in [1.29, 1.82) is 0 Å². The summed E-state index contributed by atoms with van der Waals surface area (Å²) in [6.45, 7) is 0. The van der Waals surface area contributed by atoms with E-state index in [4.69, 9.17) is 11.6 Å². The minimum absolute atomic E-state index is 0.116. The highest BCUT2D eigenvalue weighted by atomic mass is 35.5. The Morgan fingerprint density at radius 3 is 2.74 bits per heavy atom.